The molecule has 84 valence electrons. The first-order valence-corrected chi connectivity index (χ1v) is 5.14. The van der Waals surface area contributed by atoms with Gasteiger partial charge in [0.2, 0.25) is 5.78 Å². The molecule has 0 radical (unpaired) electrons. The number of Topliss-reactive ketones (excluding diaryl/α,β-unsaturated/α-hetero) is 1. The van der Waals surface area contributed by atoms with Crippen LogP contribution in [0.4, 0.5) is 5.69 Å². The van der Waals surface area contributed by atoms with Crippen molar-refractivity contribution in [1.82, 2.24) is 0 Å². The normalized spacial score (nSPS) is 17.7. The average Bonchev–Trinajstić information content (AvgIpc) is 2.27. The molecule has 0 aliphatic carbocycles. The fourth-order valence-electron chi connectivity index (χ4n) is 1.42. The third kappa shape index (κ3) is 1.54. The molecule has 6 heteroatoms. The number of amides is 1. The smallest absolute Gasteiger partial charge is 0.269 e. The van der Waals surface area contributed by atoms with Crippen molar-refractivity contribution in [2.24, 2.45) is 0 Å². The van der Waals surface area contributed by atoms with E-state index in [0.717, 1.165) is 0 Å². The van der Waals surface area contributed by atoms with Crippen molar-refractivity contribution >= 4 is 40.6 Å². The molecule has 0 saturated heterocycles. The minimum absolute atomic E-state index is 0.240. The monoisotopic (exact) mass is 259 g/mol. The highest BCUT2D eigenvalue weighted by Crippen LogP contribution is 2.36. The zero-order valence-corrected chi connectivity index (χ0v) is 9.72. The molecular weight excluding hydrogens is 253 g/mol. The van der Waals surface area contributed by atoms with Gasteiger partial charge in [-0.2, -0.15) is 0 Å². The highest BCUT2D eigenvalue weighted by atomic mass is 35.5. The number of hydrogen-bond acceptors (Lipinski definition) is 3. The highest BCUT2D eigenvalue weighted by Gasteiger charge is 2.47. The summed E-state index contributed by atoms with van der Waals surface area (Å²) in [6.07, 6.45) is 0. The lowest BCUT2D eigenvalue weighted by Crippen LogP contribution is -2.44. The Labute approximate surface area is 101 Å². The maximum absolute atomic E-state index is 11.8. The number of anilines is 1. The van der Waals surface area contributed by atoms with Crippen LogP contribution in [0.5, 0.6) is 5.75 Å². The number of rotatable bonds is 1. The van der Waals surface area contributed by atoms with E-state index in [0.29, 0.717) is 11.4 Å². The Morgan fingerprint density at radius 3 is 2.62 bits per heavy atom. The second kappa shape index (κ2) is 3.64. The number of ketones is 1. The Balaban J connectivity index is 2.57. The third-order valence-electron chi connectivity index (χ3n) is 2.29. The maximum atomic E-state index is 11.8. The summed E-state index contributed by atoms with van der Waals surface area (Å²) in [6, 6.07) is 4.67. The SMILES string of the molecule is COc1ccc2c(c1)C(=O)C(Cl)(Cl)C(=O)N2. The van der Waals surface area contributed by atoms with Crippen LogP contribution in [-0.4, -0.2) is 23.1 Å². The Bertz CT molecular complexity index is 485. The summed E-state index contributed by atoms with van der Waals surface area (Å²) in [5.74, 6) is -0.889. The molecule has 1 aromatic rings. The molecule has 0 fully saturated rings. The Morgan fingerprint density at radius 2 is 2.00 bits per heavy atom. The van der Waals surface area contributed by atoms with Gasteiger partial charge < -0.3 is 10.1 Å². The molecular formula is C10H7Cl2NO3. The standard InChI is InChI=1S/C10H7Cl2NO3/c1-16-5-2-3-7-6(4-5)8(14)10(11,12)9(15)13-7/h2-4H,1H3,(H,13,15). The van der Waals surface area contributed by atoms with E-state index in [9.17, 15) is 9.59 Å². The van der Waals surface area contributed by atoms with Crippen molar-refractivity contribution in [1.29, 1.82) is 0 Å². The van der Waals surface area contributed by atoms with Crippen molar-refractivity contribution in [3.8, 4) is 5.75 Å². The maximum Gasteiger partial charge on any atom is 0.269 e. The van der Waals surface area contributed by atoms with Crippen LogP contribution in [0.1, 0.15) is 10.4 Å². The summed E-state index contributed by atoms with van der Waals surface area (Å²) in [5.41, 5.74) is 0.622. The van der Waals surface area contributed by atoms with Crippen LogP contribution >= 0.6 is 23.2 Å². The Hall–Kier alpha value is -1.26. The molecule has 0 atom stereocenters. The summed E-state index contributed by atoms with van der Waals surface area (Å²) in [5, 5.41) is 2.45. The minimum atomic E-state index is -2.07. The van der Waals surface area contributed by atoms with Crippen molar-refractivity contribution in [3.05, 3.63) is 23.8 Å². The zero-order chi connectivity index (χ0) is 11.9. The van der Waals surface area contributed by atoms with E-state index < -0.39 is 16.0 Å². The molecule has 4 nitrogen and oxygen atoms in total. The number of nitrogens with one attached hydrogen (secondary N) is 1. The number of methoxy groups -OCH3 is 1. The van der Waals surface area contributed by atoms with E-state index in [-0.39, 0.29) is 5.56 Å². The molecule has 0 saturated carbocycles. The molecule has 0 unspecified atom stereocenters. The van der Waals surface area contributed by atoms with Gasteiger partial charge in [0.25, 0.3) is 10.2 Å². The van der Waals surface area contributed by atoms with Crippen molar-refractivity contribution < 1.29 is 14.3 Å². The Morgan fingerprint density at radius 1 is 1.31 bits per heavy atom. The summed E-state index contributed by atoms with van der Waals surface area (Å²) in [6.45, 7) is 0. The topological polar surface area (TPSA) is 55.4 Å². The third-order valence-corrected chi connectivity index (χ3v) is 2.98. The number of carbonyl (C=O) groups excluding carboxylic acids is 2. The first-order chi connectivity index (χ1) is 7.46. The van der Waals surface area contributed by atoms with Crippen LogP contribution in [0.3, 0.4) is 0 Å². The van der Waals surface area contributed by atoms with Gasteiger partial charge in [-0.1, -0.05) is 23.2 Å². The molecule has 1 aliphatic heterocycles. The summed E-state index contributed by atoms with van der Waals surface area (Å²) in [4.78, 5) is 23.3. The quantitative estimate of drug-likeness (QED) is 0.620. The summed E-state index contributed by atoms with van der Waals surface area (Å²) in [7, 11) is 1.47. The van der Waals surface area contributed by atoms with E-state index in [1.54, 1.807) is 12.1 Å². The van der Waals surface area contributed by atoms with Gasteiger partial charge in [0, 0.05) is 5.56 Å². The predicted molar refractivity (Wildman–Crippen MR) is 60.4 cm³/mol. The van der Waals surface area contributed by atoms with Gasteiger partial charge >= 0.3 is 0 Å². The van der Waals surface area contributed by atoms with E-state index in [1.165, 1.54) is 13.2 Å². The molecule has 0 bridgehead atoms. The number of hydrogen-bond donors (Lipinski definition) is 1. The number of carbonyl (C=O) groups is 2. The summed E-state index contributed by atoms with van der Waals surface area (Å²) < 4.78 is 2.90. The Kier molecular flexibility index (Phi) is 2.56. The van der Waals surface area contributed by atoms with Crippen LogP contribution < -0.4 is 10.1 Å². The van der Waals surface area contributed by atoms with Crippen LogP contribution in [-0.2, 0) is 4.79 Å². The second-order valence-corrected chi connectivity index (χ2v) is 4.60. The first kappa shape index (κ1) is 11.2. The highest BCUT2D eigenvalue weighted by molar-refractivity contribution is 6.71. The van der Waals surface area contributed by atoms with Crippen molar-refractivity contribution in [2.45, 2.75) is 4.33 Å². The molecule has 1 heterocycles. The van der Waals surface area contributed by atoms with Gasteiger partial charge in [-0.05, 0) is 18.2 Å². The number of halogens is 2. The molecule has 2 rings (SSSR count). The van der Waals surface area contributed by atoms with Crippen molar-refractivity contribution in [3.63, 3.8) is 0 Å². The molecule has 16 heavy (non-hydrogen) atoms. The van der Waals surface area contributed by atoms with Gasteiger partial charge in [-0.25, -0.2) is 0 Å². The lowest BCUT2D eigenvalue weighted by Gasteiger charge is -2.25. The minimum Gasteiger partial charge on any atom is -0.497 e. The van der Waals surface area contributed by atoms with E-state index in [4.69, 9.17) is 27.9 Å². The average molecular weight is 260 g/mol. The van der Waals surface area contributed by atoms with Crippen molar-refractivity contribution in [2.75, 3.05) is 12.4 Å². The summed E-state index contributed by atoms with van der Waals surface area (Å²) >= 11 is 11.3. The lowest BCUT2D eigenvalue weighted by molar-refractivity contribution is -0.116. The van der Waals surface area contributed by atoms with Crippen LogP contribution in [0.2, 0.25) is 0 Å². The number of alkyl halides is 2. The number of benzene rings is 1. The van der Waals surface area contributed by atoms with E-state index in [1.807, 2.05) is 0 Å². The largest absolute Gasteiger partial charge is 0.497 e. The fourth-order valence-corrected chi connectivity index (χ4v) is 1.72. The van der Waals surface area contributed by atoms with Gasteiger partial charge in [0.15, 0.2) is 0 Å². The first-order valence-electron chi connectivity index (χ1n) is 4.39. The molecule has 1 N–H and O–H groups in total. The zero-order valence-electron chi connectivity index (χ0n) is 8.21. The predicted octanol–water partition coefficient (Wildman–Crippen LogP) is 2.00. The molecule has 1 amide bonds. The van der Waals surface area contributed by atoms with Crippen LogP contribution in [0, 0.1) is 0 Å². The van der Waals surface area contributed by atoms with E-state index >= 15 is 0 Å². The van der Waals surface area contributed by atoms with Gasteiger partial charge in [0.05, 0.1) is 12.8 Å². The second-order valence-electron chi connectivity index (χ2n) is 3.27. The van der Waals surface area contributed by atoms with E-state index in [2.05, 4.69) is 5.32 Å². The van der Waals surface area contributed by atoms with Gasteiger partial charge in [0.1, 0.15) is 5.75 Å². The molecule has 0 aromatic heterocycles. The molecule has 1 aromatic carbocycles. The van der Waals surface area contributed by atoms with Gasteiger partial charge in [-0.15, -0.1) is 0 Å². The number of ether oxygens (including phenoxy) is 1. The lowest BCUT2D eigenvalue weighted by atomic mass is 10.0. The molecule has 1 aliphatic rings. The van der Waals surface area contributed by atoms with Crippen LogP contribution in [0.15, 0.2) is 18.2 Å². The fraction of sp³-hybridized carbons (Fsp3) is 0.200. The van der Waals surface area contributed by atoms with Crippen LogP contribution in [0.25, 0.3) is 0 Å². The number of fused-ring (bicyclic) bond motifs is 1. The van der Waals surface area contributed by atoms with Gasteiger partial charge in [-0.3, -0.25) is 9.59 Å². The molecule has 0 spiro atoms.